The molecule has 0 radical (unpaired) electrons. The fourth-order valence-electron chi connectivity index (χ4n) is 1.68. The van der Waals surface area contributed by atoms with Crippen molar-refractivity contribution < 1.29 is 19.8 Å². The Bertz CT molecular complexity index is 244. The van der Waals surface area contributed by atoms with Gasteiger partial charge in [0.15, 0.2) is 5.41 Å². The van der Waals surface area contributed by atoms with Crippen LogP contribution in [0.4, 0.5) is 0 Å². The first kappa shape index (κ1) is 14.7. The zero-order chi connectivity index (χ0) is 12.6. The second-order valence-electron chi connectivity index (χ2n) is 4.00. The molecule has 0 bridgehead atoms. The van der Waals surface area contributed by atoms with Gasteiger partial charge in [0.2, 0.25) is 0 Å². The average Bonchev–Trinajstić information content (AvgIpc) is 2.21. The fraction of sp³-hybridized carbons (Fsp3) is 0.667. The summed E-state index contributed by atoms with van der Waals surface area (Å²) in [5, 5.41) is 18.1. The minimum absolute atomic E-state index is 0.0240. The molecule has 0 aromatic heterocycles. The molecule has 0 amide bonds. The third-order valence-electron chi connectivity index (χ3n) is 2.77. The number of hydrogen-bond acceptors (Lipinski definition) is 2. The van der Waals surface area contributed by atoms with E-state index in [2.05, 4.69) is 6.58 Å². The van der Waals surface area contributed by atoms with Gasteiger partial charge in [-0.25, -0.2) is 0 Å². The maximum Gasteiger partial charge on any atom is 0.321 e. The predicted molar refractivity (Wildman–Crippen MR) is 61.3 cm³/mol. The third kappa shape index (κ3) is 3.68. The largest absolute Gasteiger partial charge is 0.480 e. The topological polar surface area (TPSA) is 74.6 Å². The fourth-order valence-corrected chi connectivity index (χ4v) is 1.68. The molecule has 0 aromatic rings. The number of unbranched alkanes of at least 4 members (excludes halogenated alkanes) is 3. The van der Waals surface area contributed by atoms with Crippen molar-refractivity contribution in [3.8, 4) is 0 Å². The summed E-state index contributed by atoms with van der Waals surface area (Å²) in [6, 6.07) is 0. The number of carbonyl (C=O) groups is 2. The van der Waals surface area contributed by atoms with E-state index in [0.717, 1.165) is 19.3 Å². The first-order chi connectivity index (χ1) is 7.51. The van der Waals surface area contributed by atoms with Gasteiger partial charge in [-0.15, -0.1) is 6.58 Å². The molecule has 0 rings (SSSR count). The first-order valence-electron chi connectivity index (χ1n) is 5.59. The smallest absolute Gasteiger partial charge is 0.321 e. The molecule has 2 N–H and O–H groups in total. The normalized spacial score (nSPS) is 11.1. The molecule has 92 valence electrons. The van der Waals surface area contributed by atoms with Gasteiger partial charge < -0.3 is 10.2 Å². The lowest BCUT2D eigenvalue weighted by molar-refractivity contribution is -0.165. The third-order valence-corrected chi connectivity index (χ3v) is 2.77. The second-order valence-corrected chi connectivity index (χ2v) is 4.00. The highest BCUT2D eigenvalue weighted by Gasteiger charge is 2.44. The Hall–Kier alpha value is -1.32. The van der Waals surface area contributed by atoms with Crippen LogP contribution in [0.2, 0.25) is 0 Å². The van der Waals surface area contributed by atoms with Crippen LogP contribution < -0.4 is 0 Å². The number of rotatable bonds is 9. The monoisotopic (exact) mass is 228 g/mol. The predicted octanol–water partition coefficient (Wildman–Crippen LogP) is 2.69. The molecule has 0 saturated carbocycles. The molecule has 0 saturated heterocycles. The van der Waals surface area contributed by atoms with Gasteiger partial charge in [0, 0.05) is 0 Å². The Morgan fingerprint density at radius 3 is 2.12 bits per heavy atom. The molecule has 4 heteroatoms. The number of hydrogen-bond donors (Lipinski definition) is 2. The van der Waals surface area contributed by atoms with Crippen molar-refractivity contribution in [3.05, 3.63) is 12.7 Å². The molecule has 0 spiro atoms. The summed E-state index contributed by atoms with van der Waals surface area (Å²) in [7, 11) is 0. The lowest BCUT2D eigenvalue weighted by Gasteiger charge is -2.23. The van der Waals surface area contributed by atoms with Crippen molar-refractivity contribution in [2.75, 3.05) is 0 Å². The summed E-state index contributed by atoms with van der Waals surface area (Å²) in [4.78, 5) is 22.2. The Morgan fingerprint density at radius 2 is 1.75 bits per heavy atom. The van der Waals surface area contributed by atoms with E-state index in [9.17, 15) is 9.59 Å². The quantitative estimate of drug-likeness (QED) is 0.361. The molecule has 0 atom stereocenters. The lowest BCUT2D eigenvalue weighted by Crippen LogP contribution is -2.39. The van der Waals surface area contributed by atoms with Crippen LogP contribution in [-0.2, 0) is 9.59 Å². The van der Waals surface area contributed by atoms with Crippen molar-refractivity contribution in [2.24, 2.45) is 5.41 Å². The Kier molecular flexibility index (Phi) is 6.46. The van der Waals surface area contributed by atoms with Crippen molar-refractivity contribution in [2.45, 2.75) is 45.4 Å². The highest BCUT2D eigenvalue weighted by Crippen LogP contribution is 2.30. The highest BCUT2D eigenvalue weighted by atomic mass is 16.4. The second kappa shape index (κ2) is 7.04. The van der Waals surface area contributed by atoms with Gasteiger partial charge in [0.1, 0.15) is 0 Å². The van der Waals surface area contributed by atoms with Crippen LogP contribution in [0.25, 0.3) is 0 Å². The Labute approximate surface area is 96.0 Å². The summed E-state index contributed by atoms with van der Waals surface area (Å²) in [5.74, 6) is -2.53. The molecule has 0 fully saturated rings. The Morgan fingerprint density at radius 1 is 1.19 bits per heavy atom. The van der Waals surface area contributed by atoms with Gasteiger partial charge in [-0.2, -0.15) is 0 Å². The van der Waals surface area contributed by atoms with Crippen molar-refractivity contribution in [3.63, 3.8) is 0 Å². The molecule has 0 aliphatic heterocycles. The van der Waals surface area contributed by atoms with Crippen LogP contribution in [0.15, 0.2) is 12.7 Å². The number of allylic oxidation sites excluding steroid dienone is 1. The molecule has 16 heavy (non-hydrogen) atoms. The lowest BCUT2D eigenvalue weighted by atomic mass is 9.79. The zero-order valence-electron chi connectivity index (χ0n) is 9.74. The minimum atomic E-state index is -1.69. The van der Waals surface area contributed by atoms with Gasteiger partial charge in [-0.05, 0) is 12.8 Å². The van der Waals surface area contributed by atoms with E-state index in [1.165, 1.54) is 6.08 Å². The summed E-state index contributed by atoms with van der Waals surface area (Å²) < 4.78 is 0. The van der Waals surface area contributed by atoms with Gasteiger partial charge in [0.25, 0.3) is 0 Å². The van der Waals surface area contributed by atoms with Crippen LogP contribution >= 0.6 is 0 Å². The average molecular weight is 228 g/mol. The summed E-state index contributed by atoms with van der Waals surface area (Å²) in [6.45, 7) is 5.48. The van der Waals surface area contributed by atoms with Gasteiger partial charge >= 0.3 is 11.9 Å². The number of carboxylic acids is 2. The molecular formula is C12H20O4. The Balaban J connectivity index is 4.56. The van der Waals surface area contributed by atoms with E-state index in [-0.39, 0.29) is 12.8 Å². The standard InChI is InChI=1S/C12H20O4/c1-3-5-6-7-9-12(8-4-2,10(13)14)11(15)16/h4H,2-3,5-9H2,1H3,(H,13,14)(H,15,16). The van der Waals surface area contributed by atoms with E-state index < -0.39 is 17.4 Å². The summed E-state index contributed by atoms with van der Waals surface area (Å²) in [6.07, 6.45) is 5.05. The van der Waals surface area contributed by atoms with Crippen LogP contribution in [0, 0.1) is 5.41 Å². The SMILES string of the molecule is C=CCC(CCCCCC)(C(=O)O)C(=O)O. The molecule has 0 aliphatic carbocycles. The molecule has 0 heterocycles. The molecule has 0 aromatic carbocycles. The van der Waals surface area contributed by atoms with Gasteiger partial charge in [-0.1, -0.05) is 38.7 Å². The van der Waals surface area contributed by atoms with Crippen LogP contribution in [0.3, 0.4) is 0 Å². The van der Waals surface area contributed by atoms with Crippen molar-refractivity contribution in [1.29, 1.82) is 0 Å². The van der Waals surface area contributed by atoms with Crippen molar-refractivity contribution >= 4 is 11.9 Å². The zero-order valence-corrected chi connectivity index (χ0v) is 9.74. The molecular weight excluding hydrogens is 208 g/mol. The summed E-state index contributed by atoms with van der Waals surface area (Å²) >= 11 is 0. The van der Waals surface area contributed by atoms with E-state index in [4.69, 9.17) is 10.2 Å². The first-order valence-corrected chi connectivity index (χ1v) is 5.59. The van der Waals surface area contributed by atoms with E-state index in [1.807, 2.05) is 6.92 Å². The van der Waals surface area contributed by atoms with Crippen LogP contribution in [-0.4, -0.2) is 22.2 Å². The highest BCUT2D eigenvalue weighted by molar-refractivity contribution is 5.98. The van der Waals surface area contributed by atoms with Crippen LogP contribution in [0.5, 0.6) is 0 Å². The van der Waals surface area contributed by atoms with E-state index in [1.54, 1.807) is 0 Å². The van der Waals surface area contributed by atoms with E-state index >= 15 is 0 Å². The molecule has 4 nitrogen and oxygen atoms in total. The van der Waals surface area contributed by atoms with E-state index in [0.29, 0.717) is 6.42 Å². The summed E-state index contributed by atoms with van der Waals surface area (Å²) in [5.41, 5.74) is -1.69. The van der Waals surface area contributed by atoms with Crippen LogP contribution in [0.1, 0.15) is 45.4 Å². The number of aliphatic carboxylic acids is 2. The molecule has 0 unspecified atom stereocenters. The molecule has 0 aliphatic rings. The number of carboxylic acid groups (broad SMARTS) is 2. The van der Waals surface area contributed by atoms with Crippen molar-refractivity contribution in [1.82, 2.24) is 0 Å². The van der Waals surface area contributed by atoms with Gasteiger partial charge in [-0.3, -0.25) is 9.59 Å². The maximum atomic E-state index is 11.1. The van der Waals surface area contributed by atoms with Gasteiger partial charge in [0.05, 0.1) is 0 Å². The maximum absolute atomic E-state index is 11.1. The minimum Gasteiger partial charge on any atom is -0.480 e.